The van der Waals surface area contributed by atoms with Crippen molar-refractivity contribution in [1.82, 2.24) is 4.90 Å². The molecular weight excluding hydrogens is 214 g/mol. The van der Waals surface area contributed by atoms with Crippen LogP contribution in [0.25, 0.3) is 0 Å². The Labute approximate surface area is 103 Å². The molecular formula is C14H21NO2. The van der Waals surface area contributed by atoms with Crippen molar-refractivity contribution < 1.29 is 9.90 Å². The monoisotopic (exact) mass is 235 g/mol. The van der Waals surface area contributed by atoms with Gasteiger partial charge >= 0.3 is 0 Å². The molecule has 1 aromatic rings. The van der Waals surface area contributed by atoms with Gasteiger partial charge in [-0.2, -0.15) is 0 Å². The highest BCUT2D eigenvalue weighted by Gasteiger charge is 2.24. The predicted octanol–water partition coefficient (Wildman–Crippen LogP) is 1.91. The molecule has 17 heavy (non-hydrogen) atoms. The van der Waals surface area contributed by atoms with Crippen molar-refractivity contribution >= 4 is 5.91 Å². The molecule has 0 saturated heterocycles. The molecule has 0 radical (unpaired) electrons. The Morgan fingerprint density at radius 1 is 1.29 bits per heavy atom. The maximum absolute atomic E-state index is 12.1. The highest BCUT2D eigenvalue weighted by atomic mass is 16.3. The Morgan fingerprint density at radius 2 is 1.88 bits per heavy atom. The van der Waals surface area contributed by atoms with E-state index in [0.717, 1.165) is 5.56 Å². The Bertz CT molecular complexity index is 348. The molecule has 1 amide bonds. The van der Waals surface area contributed by atoms with E-state index in [0.29, 0.717) is 6.54 Å². The van der Waals surface area contributed by atoms with Crippen LogP contribution in [0.4, 0.5) is 0 Å². The lowest BCUT2D eigenvalue weighted by atomic mass is 9.95. The molecule has 0 saturated carbocycles. The summed E-state index contributed by atoms with van der Waals surface area (Å²) >= 11 is 0. The summed E-state index contributed by atoms with van der Waals surface area (Å²) in [6.07, 6.45) is 0. The molecule has 1 atom stereocenters. The molecule has 1 aromatic carbocycles. The van der Waals surface area contributed by atoms with Gasteiger partial charge in [-0.1, -0.05) is 44.2 Å². The van der Waals surface area contributed by atoms with Gasteiger partial charge in [0.1, 0.15) is 0 Å². The van der Waals surface area contributed by atoms with E-state index in [-0.39, 0.29) is 24.3 Å². The summed E-state index contributed by atoms with van der Waals surface area (Å²) < 4.78 is 0. The SMILES string of the molecule is CC(C)C(CO)C(=O)N(C)Cc1ccccc1. The van der Waals surface area contributed by atoms with Crippen molar-refractivity contribution in [2.45, 2.75) is 20.4 Å². The summed E-state index contributed by atoms with van der Waals surface area (Å²) in [7, 11) is 1.78. The van der Waals surface area contributed by atoms with E-state index in [2.05, 4.69) is 0 Å². The van der Waals surface area contributed by atoms with Crippen LogP contribution in [0.15, 0.2) is 30.3 Å². The molecule has 1 rings (SSSR count). The van der Waals surface area contributed by atoms with Crippen molar-refractivity contribution in [2.75, 3.05) is 13.7 Å². The maximum atomic E-state index is 12.1. The van der Waals surface area contributed by atoms with Gasteiger partial charge in [-0.3, -0.25) is 4.79 Å². The molecule has 3 nitrogen and oxygen atoms in total. The predicted molar refractivity (Wildman–Crippen MR) is 68.3 cm³/mol. The number of aliphatic hydroxyl groups excluding tert-OH is 1. The third-order valence-electron chi connectivity index (χ3n) is 2.96. The van der Waals surface area contributed by atoms with Crippen LogP contribution in [0.2, 0.25) is 0 Å². The quantitative estimate of drug-likeness (QED) is 0.847. The second kappa shape index (κ2) is 6.40. The van der Waals surface area contributed by atoms with Crippen molar-refractivity contribution in [2.24, 2.45) is 11.8 Å². The second-order valence-corrected chi connectivity index (χ2v) is 4.71. The van der Waals surface area contributed by atoms with E-state index in [1.165, 1.54) is 0 Å². The smallest absolute Gasteiger partial charge is 0.228 e. The van der Waals surface area contributed by atoms with Gasteiger partial charge in [0.2, 0.25) is 5.91 Å². The van der Waals surface area contributed by atoms with Crippen molar-refractivity contribution in [3.8, 4) is 0 Å². The van der Waals surface area contributed by atoms with Crippen LogP contribution in [0.5, 0.6) is 0 Å². The van der Waals surface area contributed by atoms with Gasteiger partial charge in [0.15, 0.2) is 0 Å². The van der Waals surface area contributed by atoms with Crippen LogP contribution < -0.4 is 0 Å². The number of amides is 1. The highest BCUT2D eigenvalue weighted by molar-refractivity contribution is 5.78. The number of hydrogen-bond acceptors (Lipinski definition) is 2. The molecule has 0 aliphatic rings. The molecule has 0 aliphatic heterocycles. The van der Waals surface area contributed by atoms with Crippen LogP contribution in [-0.2, 0) is 11.3 Å². The Hall–Kier alpha value is -1.35. The summed E-state index contributed by atoms with van der Waals surface area (Å²) in [6.45, 7) is 4.41. The zero-order chi connectivity index (χ0) is 12.8. The van der Waals surface area contributed by atoms with Gasteiger partial charge < -0.3 is 10.0 Å². The number of benzene rings is 1. The lowest BCUT2D eigenvalue weighted by Crippen LogP contribution is -2.36. The second-order valence-electron chi connectivity index (χ2n) is 4.71. The molecule has 3 heteroatoms. The molecule has 0 aromatic heterocycles. The lowest BCUT2D eigenvalue weighted by Gasteiger charge is -2.24. The number of carbonyl (C=O) groups is 1. The average Bonchev–Trinajstić information content (AvgIpc) is 2.30. The minimum Gasteiger partial charge on any atom is -0.396 e. The van der Waals surface area contributed by atoms with Crippen LogP contribution in [0, 0.1) is 11.8 Å². The normalized spacial score (nSPS) is 12.5. The van der Waals surface area contributed by atoms with Gasteiger partial charge in [0, 0.05) is 13.6 Å². The summed E-state index contributed by atoms with van der Waals surface area (Å²) in [5, 5.41) is 9.23. The molecule has 0 aliphatic carbocycles. The van der Waals surface area contributed by atoms with E-state index in [1.54, 1.807) is 11.9 Å². The number of hydrogen-bond donors (Lipinski definition) is 1. The van der Waals surface area contributed by atoms with Gasteiger partial charge in [0.25, 0.3) is 0 Å². The lowest BCUT2D eigenvalue weighted by molar-refractivity contribution is -0.137. The van der Waals surface area contributed by atoms with Crippen molar-refractivity contribution in [3.05, 3.63) is 35.9 Å². The first-order chi connectivity index (χ1) is 8.06. The largest absolute Gasteiger partial charge is 0.396 e. The van der Waals surface area contributed by atoms with Gasteiger partial charge in [0.05, 0.1) is 12.5 Å². The zero-order valence-corrected chi connectivity index (χ0v) is 10.8. The van der Waals surface area contributed by atoms with Crippen LogP contribution in [-0.4, -0.2) is 29.6 Å². The first kappa shape index (κ1) is 13.7. The average molecular weight is 235 g/mol. The minimum atomic E-state index is -0.302. The van der Waals surface area contributed by atoms with Gasteiger partial charge in [-0.25, -0.2) is 0 Å². The molecule has 0 bridgehead atoms. The summed E-state index contributed by atoms with van der Waals surface area (Å²) in [5.74, 6) is -0.138. The minimum absolute atomic E-state index is 0.00588. The van der Waals surface area contributed by atoms with Crippen LogP contribution in [0.3, 0.4) is 0 Å². The maximum Gasteiger partial charge on any atom is 0.228 e. The molecule has 1 N–H and O–H groups in total. The number of carbonyl (C=O) groups excluding carboxylic acids is 1. The fourth-order valence-corrected chi connectivity index (χ4v) is 1.79. The number of nitrogens with zero attached hydrogens (tertiary/aromatic N) is 1. The topological polar surface area (TPSA) is 40.5 Å². The van der Waals surface area contributed by atoms with Gasteiger partial charge in [-0.15, -0.1) is 0 Å². The third kappa shape index (κ3) is 3.86. The Balaban J connectivity index is 2.64. The molecule has 1 unspecified atom stereocenters. The van der Waals surface area contributed by atoms with Crippen molar-refractivity contribution in [1.29, 1.82) is 0 Å². The molecule has 0 spiro atoms. The summed E-state index contributed by atoms with van der Waals surface area (Å²) in [4.78, 5) is 13.8. The van der Waals surface area contributed by atoms with E-state index >= 15 is 0 Å². The van der Waals surface area contributed by atoms with E-state index in [1.807, 2.05) is 44.2 Å². The first-order valence-corrected chi connectivity index (χ1v) is 5.96. The standard InChI is InChI=1S/C14H21NO2/c1-11(2)13(10-16)14(17)15(3)9-12-7-5-4-6-8-12/h4-8,11,13,16H,9-10H2,1-3H3. The van der Waals surface area contributed by atoms with E-state index < -0.39 is 0 Å². The first-order valence-electron chi connectivity index (χ1n) is 5.96. The third-order valence-corrected chi connectivity index (χ3v) is 2.96. The van der Waals surface area contributed by atoms with Gasteiger partial charge in [-0.05, 0) is 11.5 Å². The fourth-order valence-electron chi connectivity index (χ4n) is 1.79. The molecule has 0 fully saturated rings. The Morgan fingerprint density at radius 3 is 2.35 bits per heavy atom. The Kier molecular flexibility index (Phi) is 5.16. The summed E-state index contributed by atoms with van der Waals surface area (Å²) in [6, 6.07) is 9.86. The fraction of sp³-hybridized carbons (Fsp3) is 0.500. The van der Waals surface area contributed by atoms with E-state index in [9.17, 15) is 9.90 Å². The zero-order valence-electron chi connectivity index (χ0n) is 10.8. The highest BCUT2D eigenvalue weighted by Crippen LogP contribution is 2.14. The number of rotatable bonds is 5. The molecule has 94 valence electrons. The molecule has 0 heterocycles. The number of aliphatic hydroxyl groups is 1. The van der Waals surface area contributed by atoms with Crippen LogP contribution >= 0.6 is 0 Å². The van der Waals surface area contributed by atoms with Crippen LogP contribution in [0.1, 0.15) is 19.4 Å². The summed E-state index contributed by atoms with van der Waals surface area (Å²) in [5.41, 5.74) is 1.10. The van der Waals surface area contributed by atoms with E-state index in [4.69, 9.17) is 0 Å². The van der Waals surface area contributed by atoms with Crippen molar-refractivity contribution in [3.63, 3.8) is 0 Å².